The van der Waals surface area contributed by atoms with Crippen molar-refractivity contribution in [3.05, 3.63) is 41.3 Å². The van der Waals surface area contributed by atoms with Crippen LogP contribution >= 0.6 is 0 Å². The third-order valence-electron chi connectivity index (χ3n) is 4.34. The minimum atomic E-state index is 0.338. The maximum atomic E-state index is 5.74. The van der Waals surface area contributed by atoms with Crippen molar-refractivity contribution in [2.75, 3.05) is 19.8 Å². The maximum absolute atomic E-state index is 5.74. The van der Waals surface area contributed by atoms with Crippen LogP contribution in [0.4, 0.5) is 0 Å². The molecule has 2 aromatic rings. The van der Waals surface area contributed by atoms with Crippen molar-refractivity contribution in [1.82, 2.24) is 10.1 Å². The van der Waals surface area contributed by atoms with Crippen molar-refractivity contribution in [3.63, 3.8) is 0 Å². The van der Waals surface area contributed by atoms with E-state index >= 15 is 0 Å². The number of rotatable bonds is 7. The van der Waals surface area contributed by atoms with E-state index in [1.54, 1.807) is 0 Å². The fourth-order valence-electron chi connectivity index (χ4n) is 3.32. The molecule has 1 saturated heterocycles. The molecule has 1 aromatic carbocycles. The van der Waals surface area contributed by atoms with Crippen LogP contribution in [-0.2, 0) is 6.54 Å². The summed E-state index contributed by atoms with van der Waals surface area (Å²) in [6.45, 7) is 9.14. The van der Waals surface area contributed by atoms with Gasteiger partial charge in [0.25, 0.3) is 0 Å². The van der Waals surface area contributed by atoms with Crippen LogP contribution in [0.25, 0.3) is 0 Å². The van der Waals surface area contributed by atoms with Crippen molar-refractivity contribution < 1.29 is 14.0 Å². The molecule has 5 nitrogen and oxygen atoms in total. The average Bonchev–Trinajstić information content (AvgIpc) is 3.19. The zero-order valence-electron chi connectivity index (χ0n) is 14.7. The number of hydrogen-bond donors (Lipinski definition) is 0. The predicted molar refractivity (Wildman–Crippen MR) is 92.4 cm³/mol. The summed E-state index contributed by atoms with van der Waals surface area (Å²) in [4.78, 5) is 2.46. The summed E-state index contributed by atoms with van der Waals surface area (Å²) in [6.07, 6.45) is 2.31. The Labute approximate surface area is 143 Å². The predicted octanol–water partition coefficient (Wildman–Crippen LogP) is 4.12. The second-order valence-corrected chi connectivity index (χ2v) is 6.14. The monoisotopic (exact) mass is 330 g/mol. The second-order valence-electron chi connectivity index (χ2n) is 6.14. The largest absolute Gasteiger partial charge is 0.490 e. The van der Waals surface area contributed by atoms with Crippen molar-refractivity contribution >= 4 is 0 Å². The van der Waals surface area contributed by atoms with E-state index in [0.29, 0.717) is 19.3 Å². The quantitative estimate of drug-likeness (QED) is 0.764. The third-order valence-corrected chi connectivity index (χ3v) is 4.34. The number of nitrogens with zero attached hydrogens (tertiary/aromatic N) is 2. The number of aryl methyl sites for hydroxylation is 1. The SMILES string of the molecule is CCOc1ccc(CN2CCC[C@@H]2c2cc(C)on2)cc1OCC. The van der Waals surface area contributed by atoms with Gasteiger partial charge in [0.05, 0.1) is 19.3 Å². The molecule has 1 fully saturated rings. The molecule has 1 aliphatic rings. The number of hydrogen-bond acceptors (Lipinski definition) is 5. The molecule has 0 N–H and O–H groups in total. The van der Waals surface area contributed by atoms with E-state index in [1.165, 1.54) is 12.0 Å². The van der Waals surface area contributed by atoms with Crippen LogP contribution < -0.4 is 9.47 Å². The third kappa shape index (κ3) is 3.73. The van der Waals surface area contributed by atoms with Gasteiger partial charge in [-0.3, -0.25) is 4.90 Å². The van der Waals surface area contributed by atoms with E-state index < -0.39 is 0 Å². The Morgan fingerprint density at radius 2 is 1.96 bits per heavy atom. The van der Waals surface area contributed by atoms with Gasteiger partial charge in [-0.2, -0.15) is 0 Å². The lowest BCUT2D eigenvalue weighted by molar-refractivity contribution is 0.235. The van der Waals surface area contributed by atoms with Gasteiger partial charge in [0.2, 0.25) is 0 Å². The number of benzene rings is 1. The van der Waals surface area contributed by atoms with Crippen molar-refractivity contribution in [2.24, 2.45) is 0 Å². The zero-order chi connectivity index (χ0) is 16.9. The molecule has 130 valence electrons. The minimum Gasteiger partial charge on any atom is -0.490 e. The van der Waals surface area contributed by atoms with Gasteiger partial charge in [0.15, 0.2) is 11.5 Å². The Morgan fingerprint density at radius 1 is 1.17 bits per heavy atom. The van der Waals surface area contributed by atoms with Crippen LogP contribution in [0, 0.1) is 6.92 Å². The molecule has 0 spiro atoms. The molecule has 0 aliphatic carbocycles. The van der Waals surface area contributed by atoms with Gasteiger partial charge in [-0.25, -0.2) is 0 Å². The van der Waals surface area contributed by atoms with Crippen LogP contribution in [-0.4, -0.2) is 29.8 Å². The summed E-state index contributed by atoms with van der Waals surface area (Å²) in [6, 6.07) is 8.61. The van der Waals surface area contributed by atoms with E-state index in [0.717, 1.165) is 42.5 Å². The fourth-order valence-corrected chi connectivity index (χ4v) is 3.32. The van der Waals surface area contributed by atoms with E-state index in [2.05, 4.69) is 22.2 Å². The molecule has 3 rings (SSSR count). The molecule has 1 aromatic heterocycles. The molecule has 1 aliphatic heterocycles. The highest BCUT2D eigenvalue weighted by molar-refractivity contribution is 5.43. The highest BCUT2D eigenvalue weighted by Crippen LogP contribution is 2.34. The van der Waals surface area contributed by atoms with Gasteiger partial charge in [0, 0.05) is 12.6 Å². The van der Waals surface area contributed by atoms with Crippen molar-refractivity contribution in [1.29, 1.82) is 0 Å². The summed E-state index contributed by atoms with van der Waals surface area (Å²) in [5, 5.41) is 4.21. The van der Waals surface area contributed by atoms with Crippen LogP contribution in [0.2, 0.25) is 0 Å². The van der Waals surface area contributed by atoms with E-state index in [4.69, 9.17) is 14.0 Å². The molecule has 0 amide bonds. The Hall–Kier alpha value is -2.01. The summed E-state index contributed by atoms with van der Waals surface area (Å²) >= 11 is 0. The zero-order valence-corrected chi connectivity index (χ0v) is 14.7. The lowest BCUT2D eigenvalue weighted by Gasteiger charge is -2.23. The van der Waals surface area contributed by atoms with Crippen molar-refractivity contribution in [2.45, 2.75) is 46.2 Å². The smallest absolute Gasteiger partial charge is 0.161 e. The molecular weight excluding hydrogens is 304 g/mol. The molecule has 1 atom stereocenters. The van der Waals surface area contributed by atoms with Gasteiger partial charge in [-0.15, -0.1) is 0 Å². The Bertz CT molecular complexity index is 668. The van der Waals surface area contributed by atoms with Crippen molar-refractivity contribution in [3.8, 4) is 11.5 Å². The average molecular weight is 330 g/mol. The van der Waals surface area contributed by atoms with E-state index in [1.807, 2.05) is 32.9 Å². The topological polar surface area (TPSA) is 47.7 Å². The minimum absolute atomic E-state index is 0.338. The van der Waals surface area contributed by atoms with E-state index in [-0.39, 0.29) is 0 Å². The molecule has 0 radical (unpaired) electrons. The standard InChI is InChI=1S/C19H26N2O3/c1-4-22-18-9-8-15(12-19(18)23-5-2)13-21-10-6-7-17(21)16-11-14(3)24-20-16/h8-9,11-12,17H,4-7,10,13H2,1-3H3/t17-/m1/s1. The summed E-state index contributed by atoms with van der Waals surface area (Å²) in [7, 11) is 0. The maximum Gasteiger partial charge on any atom is 0.161 e. The first-order valence-electron chi connectivity index (χ1n) is 8.77. The first kappa shape index (κ1) is 16.8. The number of aromatic nitrogens is 1. The number of ether oxygens (including phenoxy) is 2. The van der Waals surface area contributed by atoms with Gasteiger partial charge in [0.1, 0.15) is 11.5 Å². The molecule has 5 heteroatoms. The Balaban J connectivity index is 1.75. The number of likely N-dealkylation sites (tertiary alicyclic amines) is 1. The lowest BCUT2D eigenvalue weighted by atomic mass is 10.1. The van der Waals surface area contributed by atoms with Gasteiger partial charge >= 0.3 is 0 Å². The highest BCUT2D eigenvalue weighted by Gasteiger charge is 2.28. The molecular formula is C19H26N2O3. The summed E-state index contributed by atoms with van der Waals surface area (Å²) in [5.74, 6) is 2.51. The normalized spacial score (nSPS) is 18.0. The van der Waals surface area contributed by atoms with Crippen LogP contribution in [0.3, 0.4) is 0 Å². The molecule has 24 heavy (non-hydrogen) atoms. The molecule has 0 unspecified atom stereocenters. The second kappa shape index (κ2) is 7.71. The fraction of sp³-hybridized carbons (Fsp3) is 0.526. The van der Waals surface area contributed by atoms with E-state index in [9.17, 15) is 0 Å². The van der Waals surface area contributed by atoms with Crippen LogP contribution in [0.1, 0.15) is 49.7 Å². The first-order chi connectivity index (χ1) is 11.7. The van der Waals surface area contributed by atoms with Gasteiger partial charge < -0.3 is 14.0 Å². The molecule has 0 saturated carbocycles. The van der Waals surface area contributed by atoms with Gasteiger partial charge in [-0.1, -0.05) is 11.2 Å². The lowest BCUT2D eigenvalue weighted by Crippen LogP contribution is -2.23. The van der Waals surface area contributed by atoms with Crippen LogP contribution in [0.15, 0.2) is 28.8 Å². The Morgan fingerprint density at radius 3 is 2.67 bits per heavy atom. The van der Waals surface area contributed by atoms with Gasteiger partial charge in [-0.05, 0) is 57.9 Å². The summed E-state index contributed by atoms with van der Waals surface area (Å²) < 4.78 is 16.6. The molecule has 0 bridgehead atoms. The van der Waals surface area contributed by atoms with Crippen LogP contribution in [0.5, 0.6) is 11.5 Å². The first-order valence-corrected chi connectivity index (χ1v) is 8.77. The highest BCUT2D eigenvalue weighted by atomic mass is 16.5. The Kier molecular flexibility index (Phi) is 5.41. The summed E-state index contributed by atoms with van der Waals surface area (Å²) in [5.41, 5.74) is 2.27. The molecule has 2 heterocycles.